The largest absolute Gasteiger partial charge is 0.508 e. The third-order valence-corrected chi connectivity index (χ3v) is 5.61. The fourth-order valence-electron chi connectivity index (χ4n) is 2.54. The summed E-state index contributed by atoms with van der Waals surface area (Å²) in [6.45, 7) is 0. The minimum atomic E-state index is -3.35. The maximum atomic E-state index is 12.6. The molecule has 0 heterocycles. The Morgan fingerprint density at radius 3 is 2.17 bits per heavy atom. The summed E-state index contributed by atoms with van der Waals surface area (Å²) in [7, 11) is -3.35. The highest BCUT2D eigenvalue weighted by Crippen LogP contribution is 2.25. The first kappa shape index (κ1) is 16.3. The number of hydrogen-bond donors (Lipinski definition) is 1. The monoisotopic (exact) mass is 338 g/mol. The molecule has 0 radical (unpaired) electrons. The van der Waals surface area contributed by atoms with E-state index >= 15 is 0 Å². The number of phenolic OH excluding ortho intramolecular Hbond substituents is 1. The number of aryl methyl sites for hydroxylation is 1. The number of benzene rings is 3. The molecule has 0 bridgehead atoms. The number of rotatable bonds is 5. The van der Waals surface area contributed by atoms with Crippen LogP contribution in [0.3, 0.4) is 0 Å². The van der Waals surface area contributed by atoms with E-state index in [0.717, 1.165) is 16.7 Å². The zero-order valence-electron chi connectivity index (χ0n) is 13.1. The first-order valence-electron chi connectivity index (χ1n) is 7.71. The van der Waals surface area contributed by atoms with E-state index in [9.17, 15) is 13.5 Å². The Morgan fingerprint density at radius 2 is 1.46 bits per heavy atom. The highest BCUT2D eigenvalue weighted by atomic mass is 32.2. The fourth-order valence-corrected chi connectivity index (χ4v) is 3.87. The van der Waals surface area contributed by atoms with E-state index in [1.54, 1.807) is 42.5 Å². The zero-order chi connectivity index (χ0) is 17.0. The van der Waals surface area contributed by atoms with E-state index in [0.29, 0.717) is 11.3 Å². The maximum absolute atomic E-state index is 12.6. The van der Waals surface area contributed by atoms with Crippen molar-refractivity contribution in [1.82, 2.24) is 0 Å². The minimum Gasteiger partial charge on any atom is -0.508 e. The Hall–Kier alpha value is -2.59. The summed E-state index contributed by atoms with van der Waals surface area (Å²) in [4.78, 5) is 0.323. The second kappa shape index (κ2) is 6.89. The third-order valence-electron chi connectivity index (χ3n) is 3.90. The van der Waals surface area contributed by atoms with Crippen molar-refractivity contribution in [3.63, 3.8) is 0 Å². The molecule has 3 aromatic carbocycles. The van der Waals surface area contributed by atoms with Gasteiger partial charge in [-0.05, 0) is 47.4 Å². The Bertz CT molecular complexity index is 915. The Labute approximate surface area is 142 Å². The van der Waals surface area contributed by atoms with Crippen molar-refractivity contribution >= 4 is 9.84 Å². The van der Waals surface area contributed by atoms with Gasteiger partial charge in [0.05, 0.1) is 10.6 Å². The van der Waals surface area contributed by atoms with Gasteiger partial charge in [0, 0.05) is 0 Å². The standard InChI is InChI=1S/C20H18O3S/c21-19-11-9-17(10-12-19)18-7-4-8-20(15-18)24(22,23)14-13-16-5-2-1-3-6-16/h1-12,15,21H,13-14H2. The quantitative estimate of drug-likeness (QED) is 0.763. The van der Waals surface area contributed by atoms with Crippen LogP contribution in [0.1, 0.15) is 5.56 Å². The molecule has 3 aromatic rings. The highest BCUT2D eigenvalue weighted by Gasteiger charge is 2.15. The van der Waals surface area contributed by atoms with Crippen molar-refractivity contribution in [3.8, 4) is 16.9 Å². The van der Waals surface area contributed by atoms with Gasteiger partial charge in [-0.3, -0.25) is 0 Å². The topological polar surface area (TPSA) is 54.4 Å². The average Bonchev–Trinajstić information content (AvgIpc) is 2.62. The summed E-state index contributed by atoms with van der Waals surface area (Å²) < 4.78 is 25.2. The van der Waals surface area contributed by atoms with Crippen molar-refractivity contribution in [1.29, 1.82) is 0 Å². The van der Waals surface area contributed by atoms with Crippen LogP contribution in [-0.2, 0) is 16.3 Å². The lowest BCUT2D eigenvalue weighted by molar-refractivity contribution is 0.475. The summed E-state index contributed by atoms with van der Waals surface area (Å²) in [5.74, 6) is 0.265. The molecule has 3 rings (SSSR count). The molecule has 0 atom stereocenters. The first-order valence-corrected chi connectivity index (χ1v) is 9.36. The van der Waals surface area contributed by atoms with Crippen LogP contribution in [0.4, 0.5) is 0 Å². The molecule has 0 saturated heterocycles. The maximum Gasteiger partial charge on any atom is 0.178 e. The van der Waals surface area contributed by atoms with E-state index < -0.39 is 9.84 Å². The summed E-state index contributed by atoms with van der Waals surface area (Å²) in [6.07, 6.45) is 0.493. The van der Waals surface area contributed by atoms with Crippen LogP contribution in [-0.4, -0.2) is 19.3 Å². The molecule has 0 aliphatic carbocycles. The molecule has 3 nitrogen and oxygen atoms in total. The van der Waals surface area contributed by atoms with Crippen LogP contribution in [0.5, 0.6) is 5.75 Å². The van der Waals surface area contributed by atoms with Gasteiger partial charge >= 0.3 is 0 Å². The number of hydrogen-bond acceptors (Lipinski definition) is 3. The van der Waals surface area contributed by atoms with Crippen molar-refractivity contribution < 1.29 is 13.5 Å². The van der Waals surface area contributed by atoms with Crippen molar-refractivity contribution in [2.24, 2.45) is 0 Å². The van der Waals surface area contributed by atoms with Crippen LogP contribution >= 0.6 is 0 Å². The number of aromatic hydroxyl groups is 1. The van der Waals surface area contributed by atoms with Gasteiger partial charge in [-0.1, -0.05) is 54.6 Å². The SMILES string of the molecule is O=S(=O)(CCc1ccccc1)c1cccc(-c2ccc(O)cc2)c1. The molecule has 0 aliphatic rings. The zero-order valence-corrected chi connectivity index (χ0v) is 13.9. The summed E-state index contributed by atoms with van der Waals surface area (Å²) in [6, 6.07) is 23.2. The first-order chi connectivity index (χ1) is 11.5. The third kappa shape index (κ3) is 3.84. The van der Waals surface area contributed by atoms with E-state index in [-0.39, 0.29) is 11.5 Å². The van der Waals surface area contributed by atoms with Crippen LogP contribution < -0.4 is 0 Å². The van der Waals surface area contributed by atoms with Crippen LogP contribution in [0.2, 0.25) is 0 Å². The molecule has 0 amide bonds. The molecule has 4 heteroatoms. The van der Waals surface area contributed by atoms with E-state index in [2.05, 4.69) is 0 Å². The lowest BCUT2D eigenvalue weighted by Gasteiger charge is -2.08. The lowest BCUT2D eigenvalue weighted by Crippen LogP contribution is -2.09. The molecule has 1 N–H and O–H groups in total. The Balaban J connectivity index is 1.83. The summed E-state index contributed by atoms with van der Waals surface area (Å²) in [5, 5.41) is 9.37. The normalized spacial score (nSPS) is 11.3. The second-order valence-electron chi connectivity index (χ2n) is 5.63. The van der Waals surface area contributed by atoms with Gasteiger partial charge in [-0.25, -0.2) is 8.42 Å². The molecular weight excluding hydrogens is 320 g/mol. The average molecular weight is 338 g/mol. The van der Waals surface area contributed by atoms with Crippen LogP contribution in [0.15, 0.2) is 83.8 Å². The highest BCUT2D eigenvalue weighted by molar-refractivity contribution is 7.91. The lowest BCUT2D eigenvalue weighted by atomic mass is 10.1. The van der Waals surface area contributed by atoms with Gasteiger partial charge in [0.15, 0.2) is 9.84 Å². The predicted octanol–water partition coefficient (Wildman–Crippen LogP) is 4.08. The Morgan fingerprint density at radius 1 is 0.750 bits per heavy atom. The van der Waals surface area contributed by atoms with E-state index in [1.165, 1.54) is 0 Å². The molecule has 0 aliphatic heterocycles. The summed E-state index contributed by atoms with van der Waals surface area (Å²) in [5.41, 5.74) is 2.69. The number of sulfone groups is 1. The van der Waals surface area contributed by atoms with Crippen molar-refractivity contribution in [3.05, 3.63) is 84.4 Å². The van der Waals surface area contributed by atoms with Gasteiger partial charge in [0.2, 0.25) is 0 Å². The van der Waals surface area contributed by atoms with Gasteiger partial charge in [-0.2, -0.15) is 0 Å². The summed E-state index contributed by atoms with van der Waals surface area (Å²) >= 11 is 0. The molecule has 0 spiro atoms. The van der Waals surface area contributed by atoms with Crippen LogP contribution in [0, 0.1) is 0 Å². The van der Waals surface area contributed by atoms with E-state index in [4.69, 9.17) is 0 Å². The second-order valence-corrected chi connectivity index (χ2v) is 7.74. The smallest absolute Gasteiger partial charge is 0.178 e. The molecule has 0 saturated carbocycles. The molecule has 0 fully saturated rings. The Kier molecular flexibility index (Phi) is 4.67. The van der Waals surface area contributed by atoms with Gasteiger partial charge in [0.1, 0.15) is 5.75 Å². The van der Waals surface area contributed by atoms with Crippen molar-refractivity contribution in [2.45, 2.75) is 11.3 Å². The van der Waals surface area contributed by atoms with Gasteiger partial charge in [0.25, 0.3) is 0 Å². The molecule has 122 valence electrons. The fraction of sp³-hybridized carbons (Fsp3) is 0.100. The molecule has 24 heavy (non-hydrogen) atoms. The minimum absolute atomic E-state index is 0.0794. The molecule has 0 unspecified atom stereocenters. The van der Waals surface area contributed by atoms with Crippen molar-refractivity contribution in [2.75, 3.05) is 5.75 Å². The van der Waals surface area contributed by atoms with E-state index in [1.807, 2.05) is 36.4 Å². The van der Waals surface area contributed by atoms with Crippen LogP contribution in [0.25, 0.3) is 11.1 Å². The number of phenols is 1. The molecule has 0 aromatic heterocycles. The molecular formula is C20H18O3S. The van der Waals surface area contributed by atoms with Gasteiger partial charge in [-0.15, -0.1) is 0 Å². The van der Waals surface area contributed by atoms with Gasteiger partial charge < -0.3 is 5.11 Å². The predicted molar refractivity (Wildman–Crippen MR) is 95.7 cm³/mol.